The summed E-state index contributed by atoms with van der Waals surface area (Å²) in [4.78, 5) is 0. The van der Waals surface area contributed by atoms with Gasteiger partial charge in [-0.1, -0.05) is 48.5 Å². The van der Waals surface area contributed by atoms with Gasteiger partial charge in [0.15, 0.2) is 0 Å². The molecule has 3 aromatic rings. The van der Waals surface area contributed by atoms with Crippen LogP contribution >= 0.6 is 0 Å². The van der Waals surface area contributed by atoms with E-state index in [9.17, 15) is 35.1 Å². The number of hydrogen-bond acceptors (Lipinski definition) is 3. The zero-order valence-corrected chi connectivity index (χ0v) is 15.9. The van der Waals surface area contributed by atoms with Gasteiger partial charge < -0.3 is 4.74 Å². The Morgan fingerprint density at radius 2 is 1.50 bits per heavy atom. The van der Waals surface area contributed by atoms with E-state index in [0.717, 1.165) is 0 Å². The number of rotatable bonds is 7. The van der Waals surface area contributed by atoms with Gasteiger partial charge in [0.2, 0.25) is 0 Å². The van der Waals surface area contributed by atoms with Gasteiger partial charge in [-0.25, -0.2) is 9.82 Å². The third-order valence-corrected chi connectivity index (χ3v) is 4.42. The Labute approximate surface area is 176 Å². The normalized spacial score (nSPS) is 13.0. The molecule has 170 valence electrons. The molecule has 0 amide bonds. The molecule has 32 heavy (non-hydrogen) atoms. The number of nitrogens with one attached hydrogen (secondary N) is 1. The van der Waals surface area contributed by atoms with E-state index in [1.807, 2.05) is 0 Å². The maximum absolute atomic E-state index is 13.8. The lowest BCUT2D eigenvalue weighted by Crippen LogP contribution is -2.58. The number of benzene rings is 3. The summed E-state index contributed by atoms with van der Waals surface area (Å²) in [7, 11) is 0. The van der Waals surface area contributed by atoms with Crippen molar-refractivity contribution in [3.05, 3.63) is 77.6 Å². The van der Waals surface area contributed by atoms with E-state index in [4.69, 9.17) is 4.74 Å². The van der Waals surface area contributed by atoms with Crippen LogP contribution in [0.15, 0.2) is 65.8 Å². The van der Waals surface area contributed by atoms with E-state index in [1.165, 1.54) is 30.3 Å². The van der Waals surface area contributed by atoms with Gasteiger partial charge in [-0.15, -0.1) is 0 Å². The number of hydrogen-bond donors (Lipinski definition) is 1. The van der Waals surface area contributed by atoms with Gasteiger partial charge >= 0.3 is 18.1 Å². The molecule has 3 aromatic carbocycles. The molecule has 0 aliphatic rings. The van der Waals surface area contributed by atoms with Crippen LogP contribution < -0.4 is 10.2 Å². The van der Waals surface area contributed by atoms with Gasteiger partial charge in [0.05, 0.1) is 6.21 Å². The second-order valence-corrected chi connectivity index (χ2v) is 6.60. The number of halogens is 8. The molecule has 3 rings (SSSR count). The standard InChI is InChI=1S/C21H14F8N2O/c22-17-8-4-2-6-14(17)12-32-18-10-9-13-5-1-3-7-15(13)16(18)11-30-31-21(28,29)19(23,24)20(25,26)27/h1-11,31H,12H2/b30-11-. The van der Waals surface area contributed by atoms with E-state index in [0.29, 0.717) is 22.4 Å². The smallest absolute Gasteiger partial charge is 0.462 e. The van der Waals surface area contributed by atoms with E-state index < -0.39 is 24.0 Å². The van der Waals surface area contributed by atoms with Crippen LogP contribution in [0.1, 0.15) is 11.1 Å². The molecule has 0 aliphatic heterocycles. The first-order valence-corrected chi connectivity index (χ1v) is 8.94. The highest BCUT2D eigenvalue weighted by molar-refractivity contribution is 6.02. The Balaban J connectivity index is 1.92. The second-order valence-electron chi connectivity index (χ2n) is 6.60. The fourth-order valence-corrected chi connectivity index (χ4v) is 2.73. The Kier molecular flexibility index (Phi) is 6.29. The van der Waals surface area contributed by atoms with Crippen molar-refractivity contribution in [1.82, 2.24) is 5.43 Å². The topological polar surface area (TPSA) is 33.6 Å². The lowest BCUT2D eigenvalue weighted by Gasteiger charge is -2.27. The van der Waals surface area contributed by atoms with Crippen molar-refractivity contribution in [2.45, 2.75) is 24.8 Å². The summed E-state index contributed by atoms with van der Waals surface area (Å²) in [5, 5.41) is 3.88. The minimum absolute atomic E-state index is 0.0121. The molecule has 0 aliphatic carbocycles. The Bertz CT molecular complexity index is 1130. The van der Waals surface area contributed by atoms with E-state index in [2.05, 4.69) is 5.10 Å². The summed E-state index contributed by atoms with van der Waals surface area (Å²) in [5.41, 5.74) is 0.771. The van der Waals surface area contributed by atoms with Crippen LogP contribution in [-0.4, -0.2) is 24.4 Å². The number of alkyl halides is 7. The van der Waals surface area contributed by atoms with Crippen LogP contribution in [-0.2, 0) is 6.61 Å². The quantitative estimate of drug-likeness (QED) is 0.194. The average molecular weight is 462 g/mol. The van der Waals surface area contributed by atoms with Gasteiger partial charge in [-0.2, -0.15) is 35.8 Å². The molecule has 0 unspecified atom stereocenters. The first-order valence-electron chi connectivity index (χ1n) is 8.94. The Morgan fingerprint density at radius 1 is 0.844 bits per heavy atom. The molecule has 11 heteroatoms. The highest BCUT2D eigenvalue weighted by atomic mass is 19.4. The molecular formula is C21H14F8N2O. The third kappa shape index (κ3) is 4.61. The van der Waals surface area contributed by atoms with Crippen molar-refractivity contribution < 1.29 is 39.9 Å². The van der Waals surface area contributed by atoms with Gasteiger partial charge in [0, 0.05) is 11.1 Å². The van der Waals surface area contributed by atoms with Crippen molar-refractivity contribution >= 4 is 17.0 Å². The summed E-state index contributed by atoms with van der Waals surface area (Å²) in [6, 6.07) is 9.42. The molecule has 0 bridgehead atoms. The van der Waals surface area contributed by atoms with Crippen LogP contribution in [0.3, 0.4) is 0 Å². The molecule has 0 radical (unpaired) electrons. The van der Waals surface area contributed by atoms with Crippen molar-refractivity contribution in [1.29, 1.82) is 0 Å². The monoisotopic (exact) mass is 462 g/mol. The van der Waals surface area contributed by atoms with E-state index in [1.54, 1.807) is 30.3 Å². The fourth-order valence-electron chi connectivity index (χ4n) is 2.73. The van der Waals surface area contributed by atoms with Gasteiger partial charge in [0.1, 0.15) is 18.2 Å². The molecule has 0 fully saturated rings. The van der Waals surface area contributed by atoms with E-state index in [-0.39, 0.29) is 23.5 Å². The largest absolute Gasteiger partial charge is 0.488 e. The zero-order chi connectivity index (χ0) is 23.6. The zero-order valence-electron chi connectivity index (χ0n) is 15.9. The molecule has 0 saturated heterocycles. The van der Waals surface area contributed by atoms with Crippen LogP contribution in [0.2, 0.25) is 0 Å². The van der Waals surface area contributed by atoms with Crippen molar-refractivity contribution in [2.75, 3.05) is 0 Å². The fraction of sp³-hybridized carbons (Fsp3) is 0.190. The average Bonchev–Trinajstić information content (AvgIpc) is 2.73. The predicted octanol–water partition coefficient (Wildman–Crippen LogP) is 6.27. The Hall–Kier alpha value is -3.37. The lowest BCUT2D eigenvalue weighted by atomic mass is 10.0. The minimum Gasteiger partial charge on any atom is -0.488 e. The lowest BCUT2D eigenvalue weighted by molar-refractivity contribution is -0.361. The van der Waals surface area contributed by atoms with Crippen LogP contribution in [0.5, 0.6) is 5.75 Å². The minimum atomic E-state index is -6.49. The summed E-state index contributed by atoms with van der Waals surface area (Å²) < 4.78 is 109. The number of nitrogens with zero attached hydrogens (tertiary/aromatic N) is 1. The van der Waals surface area contributed by atoms with Gasteiger partial charge in [-0.3, -0.25) is 0 Å². The predicted molar refractivity (Wildman–Crippen MR) is 101 cm³/mol. The van der Waals surface area contributed by atoms with Crippen LogP contribution in [0, 0.1) is 5.82 Å². The summed E-state index contributed by atoms with van der Waals surface area (Å²) >= 11 is 0. The van der Waals surface area contributed by atoms with Crippen molar-refractivity contribution in [3.63, 3.8) is 0 Å². The highest BCUT2D eigenvalue weighted by Gasteiger charge is 2.73. The van der Waals surface area contributed by atoms with Gasteiger partial charge in [-0.05, 0) is 22.9 Å². The molecule has 0 saturated carbocycles. The first kappa shape index (κ1) is 23.3. The third-order valence-electron chi connectivity index (χ3n) is 4.42. The second kappa shape index (κ2) is 8.64. The molecule has 0 atom stereocenters. The molecule has 3 nitrogen and oxygen atoms in total. The number of hydrazone groups is 1. The first-order chi connectivity index (χ1) is 14.9. The van der Waals surface area contributed by atoms with E-state index >= 15 is 0 Å². The molecule has 0 aromatic heterocycles. The van der Waals surface area contributed by atoms with Crippen molar-refractivity contribution in [2.24, 2.45) is 5.10 Å². The maximum Gasteiger partial charge on any atom is 0.462 e. The SMILES string of the molecule is Fc1ccccc1COc1ccc2ccccc2c1/C=N\NC(F)(F)C(F)(F)C(F)(F)F. The van der Waals surface area contributed by atoms with Crippen LogP contribution in [0.25, 0.3) is 10.8 Å². The molecule has 1 N–H and O–H groups in total. The molecular weight excluding hydrogens is 448 g/mol. The molecule has 0 spiro atoms. The number of ether oxygens (including phenoxy) is 1. The summed E-state index contributed by atoms with van der Waals surface area (Å²) in [5.74, 6) is -6.90. The molecule has 0 heterocycles. The van der Waals surface area contributed by atoms with Crippen LogP contribution in [0.4, 0.5) is 35.1 Å². The maximum atomic E-state index is 13.8. The van der Waals surface area contributed by atoms with Gasteiger partial charge in [0.25, 0.3) is 0 Å². The summed E-state index contributed by atoms with van der Waals surface area (Å²) in [6.07, 6.45) is -5.86. The Morgan fingerprint density at radius 3 is 2.19 bits per heavy atom. The number of fused-ring (bicyclic) bond motifs is 1. The highest BCUT2D eigenvalue weighted by Crippen LogP contribution is 2.45. The summed E-state index contributed by atoms with van der Waals surface area (Å²) in [6.45, 7) is -0.262. The van der Waals surface area contributed by atoms with Crippen molar-refractivity contribution in [3.8, 4) is 5.75 Å².